The van der Waals surface area contributed by atoms with E-state index in [0.717, 1.165) is 20.6 Å². The van der Waals surface area contributed by atoms with Gasteiger partial charge < -0.3 is 0 Å². The summed E-state index contributed by atoms with van der Waals surface area (Å²) in [5.74, 6) is 0. The van der Waals surface area contributed by atoms with Crippen molar-refractivity contribution in [1.82, 2.24) is 9.78 Å². The average Bonchev–Trinajstić information content (AvgIpc) is 2.57. The maximum Gasteiger partial charge on any atom is 0.0627 e. The summed E-state index contributed by atoms with van der Waals surface area (Å²) >= 11 is 9.54. The zero-order chi connectivity index (χ0) is 10.1. The number of hydrogen-bond acceptors (Lipinski definition) is 1. The second kappa shape index (κ2) is 3.75. The van der Waals surface area contributed by atoms with Crippen molar-refractivity contribution in [3.05, 3.63) is 40.1 Å². The van der Waals surface area contributed by atoms with Crippen LogP contribution in [0.25, 0.3) is 11.1 Å². The monoisotopic (exact) mass is 270 g/mol. The molecule has 0 bridgehead atoms. The van der Waals surface area contributed by atoms with E-state index in [-0.39, 0.29) is 0 Å². The van der Waals surface area contributed by atoms with Crippen LogP contribution in [0.15, 0.2) is 35.1 Å². The summed E-state index contributed by atoms with van der Waals surface area (Å²) in [7, 11) is 1.88. The second-order valence-electron chi connectivity index (χ2n) is 3.00. The molecule has 0 aliphatic rings. The van der Waals surface area contributed by atoms with Crippen molar-refractivity contribution < 1.29 is 0 Å². The van der Waals surface area contributed by atoms with Crippen LogP contribution in [0.4, 0.5) is 0 Å². The second-order valence-corrected chi connectivity index (χ2v) is 4.24. The first-order chi connectivity index (χ1) is 6.68. The fraction of sp³-hybridized carbons (Fsp3) is 0.100. The van der Waals surface area contributed by atoms with Gasteiger partial charge in [-0.25, -0.2) is 0 Å². The molecule has 0 unspecified atom stereocenters. The van der Waals surface area contributed by atoms with Crippen LogP contribution in [0.1, 0.15) is 0 Å². The van der Waals surface area contributed by atoms with E-state index in [1.54, 1.807) is 10.9 Å². The molecule has 72 valence electrons. The third-order valence-electron chi connectivity index (χ3n) is 1.97. The quantitative estimate of drug-likeness (QED) is 0.776. The van der Waals surface area contributed by atoms with E-state index in [0.29, 0.717) is 0 Å². The van der Waals surface area contributed by atoms with Gasteiger partial charge in [0, 0.05) is 28.8 Å². The average molecular weight is 272 g/mol. The summed E-state index contributed by atoms with van der Waals surface area (Å²) in [6.07, 6.45) is 3.74. The highest BCUT2D eigenvalue weighted by atomic mass is 79.9. The Kier molecular flexibility index (Phi) is 2.61. The minimum absolute atomic E-state index is 0.723. The Labute approximate surface area is 95.6 Å². The molecule has 0 saturated carbocycles. The summed E-state index contributed by atoms with van der Waals surface area (Å²) in [5.41, 5.74) is 2.02. The van der Waals surface area contributed by atoms with Gasteiger partial charge in [0.25, 0.3) is 0 Å². The van der Waals surface area contributed by atoms with Crippen LogP contribution in [-0.4, -0.2) is 9.78 Å². The van der Waals surface area contributed by atoms with Crippen LogP contribution in [0.5, 0.6) is 0 Å². The Morgan fingerprint density at radius 3 is 2.86 bits per heavy atom. The molecule has 0 atom stereocenters. The molecule has 0 amide bonds. The molecular formula is C10H8BrClN2. The third kappa shape index (κ3) is 1.70. The highest BCUT2D eigenvalue weighted by Crippen LogP contribution is 2.33. The number of rotatable bonds is 1. The summed E-state index contributed by atoms with van der Waals surface area (Å²) in [6.45, 7) is 0. The zero-order valence-corrected chi connectivity index (χ0v) is 9.88. The fourth-order valence-corrected chi connectivity index (χ4v) is 1.89. The minimum atomic E-state index is 0.723. The molecule has 2 nitrogen and oxygen atoms in total. The number of aryl methyl sites for hydroxylation is 1. The minimum Gasteiger partial charge on any atom is -0.275 e. The van der Waals surface area contributed by atoms with E-state index in [4.69, 9.17) is 11.6 Å². The summed E-state index contributed by atoms with van der Waals surface area (Å²) in [6, 6.07) is 5.85. The van der Waals surface area contributed by atoms with E-state index in [9.17, 15) is 0 Å². The zero-order valence-electron chi connectivity index (χ0n) is 7.54. The molecule has 14 heavy (non-hydrogen) atoms. The van der Waals surface area contributed by atoms with Gasteiger partial charge in [0.2, 0.25) is 0 Å². The van der Waals surface area contributed by atoms with Gasteiger partial charge in [0.05, 0.1) is 11.2 Å². The molecule has 0 saturated heterocycles. The Balaban J connectivity index is 2.57. The molecule has 2 rings (SSSR count). The fourth-order valence-electron chi connectivity index (χ4n) is 1.29. The molecule has 1 aromatic heterocycles. The predicted octanol–water partition coefficient (Wildman–Crippen LogP) is 3.50. The molecule has 0 aliphatic heterocycles. The normalized spacial score (nSPS) is 10.5. The maximum absolute atomic E-state index is 6.15. The Morgan fingerprint density at radius 2 is 2.21 bits per heavy atom. The lowest BCUT2D eigenvalue weighted by molar-refractivity contribution is 0.768. The maximum atomic E-state index is 6.15. The highest BCUT2D eigenvalue weighted by Gasteiger charge is 2.07. The van der Waals surface area contributed by atoms with Crippen molar-refractivity contribution >= 4 is 27.5 Å². The number of benzene rings is 1. The van der Waals surface area contributed by atoms with E-state index in [2.05, 4.69) is 21.0 Å². The molecule has 0 spiro atoms. The summed E-state index contributed by atoms with van der Waals surface area (Å²) in [5, 5.41) is 4.83. The van der Waals surface area contributed by atoms with Gasteiger partial charge in [-0.15, -0.1) is 0 Å². The predicted molar refractivity (Wildman–Crippen MR) is 61.4 cm³/mol. The highest BCUT2D eigenvalue weighted by molar-refractivity contribution is 9.10. The third-order valence-corrected chi connectivity index (χ3v) is 3.26. The number of aromatic nitrogens is 2. The van der Waals surface area contributed by atoms with Crippen LogP contribution in [-0.2, 0) is 7.05 Å². The van der Waals surface area contributed by atoms with Gasteiger partial charge in [0.15, 0.2) is 0 Å². The standard InChI is InChI=1S/C10H8BrClN2/c1-14-6-7(5-13-14)8-3-2-4-9(11)10(8)12/h2-6H,1H3. The van der Waals surface area contributed by atoms with Crippen LogP contribution < -0.4 is 0 Å². The molecule has 4 heteroatoms. The SMILES string of the molecule is Cn1cc(-c2cccc(Br)c2Cl)cn1. The molecular weight excluding hydrogens is 263 g/mol. The lowest BCUT2D eigenvalue weighted by atomic mass is 10.1. The largest absolute Gasteiger partial charge is 0.275 e. The smallest absolute Gasteiger partial charge is 0.0627 e. The Hall–Kier alpha value is -0.800. The van der Waals surface area contributed by atoms with Gasteiger partial charge >= 0.3 is 0 Å². The van der Waals surface area contributed by atoms with Gasteiger partial charge in [-0.3, -0.25) is 4.68 Å². The first-order valence-electron chi connectivity index (χ1n) is 4.11. The van der Waals surface area contributed by atoms with Gasteiger partial charge in [0.1, 0.15) is 0 Å². The lowest BCUT2D eigenvalue weighted by Gasteiger charge is -2.02. The van der Waals surface area contributed by atoms with Crippen LogP contribution in [0.3, 0.4) is 0 Å². The lowest BCUT2D eigenvalue weighted by Crippen LogP contribution is -1.84. The first-order valence-corrected chi connectivity index (χ1v) is 5.28. The van der Waals surface area contributed by atoms with Crippen LogP contribution in [0.2, 0.25) is 5.02 Å². The number of nitrogens with zero attached hydrogens (tertiary/aromatic N) is 2. The summed E-state index contributed by atoms with van der Waals surface area (Å²) < 4.78 is 2.66. The van der Waals surface area contributed by atoms with Crippen molar-refractivity contribution in [3.63, 3.8) is 0 Å². The molecule has 2 aromatic rings. The Bertz CT molecular complexity index is 465. The first kappa shape index (κ1) is 9.74. The van der Waals surface area contributed by atoms with E-state index < -0.39 is 0 Å². The van der Waals surface area contributed by atoms with Crippen LogP contribution in [0, 0.1) is 0 Å². The Morgan fingerprint density at radius 1 is 1.43 bits per heavy atom. The van der Waals surface area contributed by atoms with Crippen molar-refractivity contribution in [2.24, 2.45) is 7.05 Å². The van der Waals surface area contributed by atoms with E-state index in [1.807, 2.05) is 31.4 Å². The molecule has 0 radical (unpaired) electrons. The molecule has 0 N–H and O–H groups in total. The van der Waals surface area contributed by atoms with E-state index >= 15 is 0 Å². The van der Waals surface area contributed by atoms with Crippen molar-refractivity contribution in [3.8, 4) is 11.1 Å². The van der Waals surface area contributed by atoms with Crippen molar-refractivity contribution in [2.45, 2.75) is 0 Å². The number of hydrogen-bond donors (Lipinski definition) is 0. The molecule has 0 fully saturated rings. The molecule has 0 aliphatic carbocycles. The van der Waals surface area contributed by atoms with Crippen LogP contribution >= 0.6 is 27.5 Å². The van der Waals surface area contributed by atoms with E-state index in [1.165, 1.54) is 0 Å². The van der Waals surface area contributed by atoms with Gasteiger partial charge in [-0.1, -0.05) is 23.7 Å². The van der Waals surface area contributed by atoms with Gasteiger partial charge in [-0.05, 0) is 22.0 Å². The van der Waals surface area contributed by atoms with Crippen molar-refractivity contribution in [2.75, 3.05) is 0 Å². The number of halogens is 2. The van der Waals surface area contributed by atoms with Gasteiger partial charge in [-0.2, -0.15) is 5.10 Å². The van der Waals surface area contributed by atoms with Crippen molar-refractivity contribution in [1.29, 1.82) is 0 Å². The molecule has 1 aromatic carbocycles. The topological polar surface area (TPSA) is 17.8 Å². The summed E-state index contributed by atoms with van der Waals surface area (Å²) in [4.78, 5) is 0. The molecule has 1 heterocycles.